The lowest BCUT2D eigenvalue weighted by Crippen LogP contribution is -2.45. The molecular weight excluding hydrogens is 448 g/mol. The quantitative estimate of drug-likeness (QED) is 0.686. The second-order valence-corrected chi connectivity index (χ2v) is 11.2. The minimum Gasteiger partial charge on any atom is -0.390 e. The third kappa shape index (κ3) is 4.08. The molecule has 2 aliphatic carbocycles. The van der Waals surface area contributed by atoms with Gasteiger partial charge in [-0.2, -0.15) is 0 Å². The van der Waals surface area contributed by atoms with Crippen LogP contribution in [-0.4, -0.2) is 30.3 Å². The monoisotopic (exact) mass is 469 g/mol. The lowest BCUT2D eigenvalue weighted by molar-refractivity contribution is -0.0413. The van der Waals surface area contributed by atoms with Crippen LogP contribution in [0, 0.1) is 23.5 Å². The number of benzene rings is 2. The van der Waals surface area contributed by atoms with Crippen molar-refractivity contribution in [1.29, 1.82) is 0 Å². The summed E-state index contributed by atoms with van der Waals surface area (Å²) in [6.45, 7) is 1.77. The van der Waals surface area contributed by atoms with Crippen molar-refractivity contribution in [2.45, 2.75) is 48.4 Å². The van der Waals surface area contributed by atoms with E-state index in [2.05, 4.69) is 5.32 Å². The zero-order chi connectivity index (χ0) is 22.6. The van der Waals surface area contributed by atoms with Crippen molar-refractivity contribution in [2.75, 3.05) is 5.32 Å². The van der Waals surface area contributed by atoms with Gasteiger partial charge in [0.25, 0.3) is 5.91 Å². The first-order valence-electron chi connectivity index (χ1n) is 10.0. The van der Waals surface area contributed by atoms with Crippen LogP contribution in [0.25, 0.3) is 0 Å². The first-order valence-corrected chi connectivity index (χ1v) is 11.9. The number of anilines is 1. The maximum atomic E-state index is 13.4. The van der Waals surface area contributed by atoms with Gasteiger partial charge in [0.15, 0.2) is 9.84 Å². The highest BCUT2D eigenvalue weighted by atomic mass is 35.5. The SMILES string of the molecule is CC1(O)C2CCC1CC(S(=O)(=O)c1cc(C(=O)Nc3cc(F)cc(F)c3)ccc1Cl)C2. The molecule has 2 aromatic rings. The van der Waals surface area contributed by atoms with E-state index in [9.17, 15) is 27.1 Å². The summed E-state index contributed by atoms with van der Waals surface area (Å²) < 4.78 is 53.5. The Morgan fingerprint density at radius 2 is 1.68 bits per heavy atom. The first-order chi connectivity index (χ1) is 14.5. The lowest BCUT2D eigenvalue weighted by atomic mass is 9.76. The topological polar surface area (TPSA) is 83.5 Å². The molecule has 1 amide bonds. The minimum absolute atomic E-state index is 0.00146. The molecule has 2 N–H and O–H groups in total. The van der Waals surface area contributed by atoms with Gasteiger partial charge in [0.05, 0.1) is 20.8 Å². The summed E-state index contributed by atoms with van der Waals surface area (Å²) in [7, 11) is -3.85. The molecule has 2 fully saturated rings. The van der Waals surface area contributed by atoms with Crippen LogP contribution in [0.15, 0.2) is 41.3 Å². The van der Waals surface area contributed by atoms with Crippen LogP contribution < -0.4 is 5.32 Å². The van der Waals surface area contributed by atoms with Gasteiger partial charge in [0.2, 0.25) is 0 Å². The molecule has 9 heteroatoms. The molecule has 31 heavy (non-hydrogen) atoms. The minimum atomic E-state index is -3.85. The summed E-state index contributed by atoms with van der Waals surface area (Å²) in [5, 5.41) is 12.3. The summed E-state index contributed by atoms with van der Waals surface area (Å²) in [6.07, 6.45) is 2.23. The average Bonchev–Trinajstić information content (AvgIpc) is 2.84. The second-order valence-electron chi connectivity index (χ2n) is 8.59. The van der Waals surface area contributed by atoms with Crippen LogP contribution in [0.4, 0.5) is 14.5 Å². The Kier molecular flexibility index (Phi) is 5.60. The number of carbonyl (C=O) groups excluding carboxylic acids is 1. The van der Waals surface area contributed by atoms with Gasteiger partial charge in [-0.3, -0.25) is 4.79 Å². The summed E-state index contributed by atoms with van der Waals surface area (Å²) in [4.78, 5) is 12.4. The molecule has 2 aromatic carbocycles. The van der Waals surface area contributed by atoms with Gasteiger partial charge in [0.1, 0.15) is 11.6 Å². The molecule has 0 aromatic heterocycles. The molecule has 0 heterocycles. The molecule has 4 rings (SSSR count). The fourth-order valence-corrected chi connectivity index (χ4v) is 7.29. The number of halogens is 3. The van der Waals surface area contributed by atoms with Gasteiger partial charge in [-0.1, -0.05) is 11.6 Å². The molecule has 0 spiro atoms. The zero-order valence-corrected chi connectivity index (χ0v) is 18.3. The Hall–Kier alpha value is -2.03. The number of aliphatic hydroxyl groups is 1. The first kappa shape index (κ1) is 22.2. The van der Waals surface area contributed by atoms with E-state index in [1.54, 1.807) is 6.92 Å². The standard InChI is InChI=1S/C22H22ClF2NO4S/c1-22(28)13-3-4-14(22)8-18(7-13)31(29,30)20-6-12(2-5-19(20)23)21(27)26-17-10-15(24)9-16(25)11-17/h2,5-6,9-11,13-14,18,28H,3-4,7-8H2,1H3,(H,26,27). The Morgan fingerprint density at radius 3 is 2.26 bits per heavy atom. The fourth-order valence-electron chi connectivity index (χ4n) is 4.89. The number of carbonyl (C=O) groups is 1. The van der Waals surface area contributed by atoms with Gasteiger partial charge < -0.3 is 10.4 Å². The smallest absolute Gasteiger partial charge is 0.255 e. The van der Waals surface area contributed by atoms with Gasteiger partial charge >= 0.3 is 0 Å². The Balaban J connectivity index is 1.61. The molecule has 2 unspecified atom stereocenters. The molecule has 0 saturated heterocycles. The molecule has 166 valence electrons. The van der Waals surface area contributed by atoms with E-state index in [4.69, 9.17) is 11.6 Å². The molecule has 0 aliphatic heterocycles. The van der Waals surface area contributed by atoms with Crippen molar-refractivity contribution in [3.8, 4) is 0 Å². The van der Waals surface area contributed by atoms with E-state index < -0.39 is 38.2 Å². The molecule has 2 bridgehead atoms. The molecular formula is C22H22ClF2NO4S. The predicted octanol–water partition coefficient (Wildman–Crippen LogP) is 4.58. The number of fused-ring (bicyclic) bond motifs is 2. The summed E-state index contributed by atoms with van der Waals surface area (Å²) >= 11 is 6.19. The van der Waals surface area contributed by atoms with Crippen LogP contribution in [0.1, 0.15) is 43.0 Å². The molecule has 5 nitrogen and oxygen atoms in total. The van der Waals surface area contributed by atoms with Crippen LogP contribution in [0.5, 0.6) is 0 Å². The second kappa shape index (κ2) is 7.83. The lowest BCUT2D eigenvalue weighted by Gasteiger charge is -2.40. The van der Waals surface area contributed by atoms with Crippen LogP contribution in [0.3, 0.4) is 0 Å². The molecule has 0 radical (unpaired) electrons. The third-order valence-electron chi connectivity index (χ3n) is 6.67. The van der Waals surface area contributed by atoms with Crippen LogP contribution >= 0.6 is 11.6 Å². The third-order valence-corrected chi connectivity index (χ3v) is 9.33. The summed E-state index contributed by atoms with van der Waals surface area (Å²) in [5.74, 6) is -2.61. The van der Waals surface area contributed by atoms with Gasteiger partial charge in [-0.15, -0.1) is 0 Å². The average molecular weight is 470 g/mol. The highest BCUT2D eigenvalue weighted by molar-refractivity contribution is 7.92. The predicted molar refractivity (Wildman–Crippen MR) is 113 cm³/mol. The number of sulfone groups is 1. The van der Waals surface area contributed by atoms with Crippen molar-refractivity contribution < 1.29 is 27.1 Å². The Labute approximate surface area is 184 Å². The van der Waals surface area contributed by atoms with E-state index in [0.29, 0.717) is 18.9 Å². The molecule has 2 saturated carbocycles. The molecule has 2 aliphatic rings. The number of nitrogens with one attached hydrogen (secondary N) is 1. The van der Waals surface area contributed by atoms with Crippen molar-refractivity contribution in [2.24, 2.45) is 11.8 Å². The largest absolute Gasteiger partial charge is 0.390 e. The Morgan fingerprint density at radius 1 is 1.10 bits per heavy atom. The highest BCUT2D eigenvalue weighted by Gasteiger charge is 2.53. The van der Waals surface area contributed by atoms with Crippen molar-refractivity contribution in [1.82, 2.24) is 0 Å². The fraction of sp³-hybridized carbons (Fsp3) is 0.409. The van der Waals surface area contributed by atoms with Gasteiger partial charge in [-0.05, 0) is 74.8 Å². The van der Waals surface area contributed by atoms with Crippen molar-refractivity contribution in [3.63, 3.8) is 0 Å². The van der Waals surface area contributed by atoms with Gasteiger partial charge in [-0.25, -0.2) is 17.2 Å². The van der Waals surface area contributed by atoms with E-state index in [0.717, 1.165) is 25.0 Å². The molecule has 2 atom stereocenters. The van der Waals surface area contributed by atoms with Gasteiger partial charge in [0, 0.05) is 17.3 Å². The van der Waals surface area contributed by atoms with Crippen molar-refractivity contribution in [3.05, 3.63) is 58.6 Å². The maximum absolute atomic E-state index is 13.4. The number of hydrogen-bond acceptors (Lipinski definition) is 4. The highest BCUT2D eigenvalue weighted by Crippen LogP contribution is 2.51. The maximum Gasteiger partial charge on any atom is 0.255 e. The summed E-state index contributed by atoms with van der Waals surface area (Å²) in [6, 6.07) is 6.45. The zero-order valence-electron chi connectivity index (χ0n) is 16.7. The van der Waals surface area contributed by atoms with E-state index in [1.165, 1.54) is 18.2 Å². The number of amides is 1. The normalized spacial score (nSPS) is 27.8. The van der Waals surface area contributed by atoms with E-state index in [-0.39, 0.29) is 33.0 Å². The number of rotatable bonds is 4. The number of hydrogen-bond donors (Lipinski definition) is 2. The van der Waals surface area contributed by atoms with E-state index >= 15 is 0 Å². The van der Waals surface area contributed by atoms with E-state index in [1.807, 2.05) is 0 Å². The summed E-state index contributed by atoms with van der Waals surface area (Å²) in [5.41, 5.74) is -0.955. The van der Waals surface area contributed by atoms with Crippen LogP contribution in [0.2, 0.25) is 5.02 Å². The van der Waals surface area contributed by atoms with Crippen LogP contribution in [-0.2, 0) is 9.84 Å². The van der Waals surface area contributed by atoms with Crippen molar-refractivity contribution >= 4 is 33.0 Å². The Bertz CT molecular complexity index is 1120.